The summed E-state index contributed by atoms with van der Waals surface area (Å²) in [6.07, 6.45) is 6.30. The summed E-state index contributed by atoms with van der Waals surface area (Å²) in [6.45, 7) is 6.65. The summed E-state index contributed by atoms with van der Waals surface area (Å²) >= 11 is 0. The smallest absolute Gasteiger partial charge is 0.0772 e. The number of hydrogen-bond donors (Lipinski definition) is 1. The van der Waals surface area contributed by atoms with E-state index < -0.39 is 0 Å². The fraction of sp³-hybridized carbons (Fsp3) is 0.786. The molecule has 0 amide bonds. The van der Waals surface area contributed by atoms with E-state index in [2.05, 4.69) is 37.4 Å². The first-order chi connectivity index (χ1) is 8.38. The van der Waals surface area contributed by atoms with Gasteiger partial charge in [-0.3, -0.25) is 4.68 Å². The van der Waals surface area contributed by atoms with Crippen molar-refractivity contribution in [2.45, 2.75) is 45.8 Å². The average Bonchev–Trinajstić information content (AvgIpc) is 2.68. The largest absolute Gasteiger partial charge is 0.379 e. The molecule has 1 aromatic heterocycles. The number of nitrogens with zero attached hydrogens (tertiary/aromatic N) is 2. The number of aryl methyl sites for hydroxylation is 2. The Bertz CT molecular complexity index is 354. The molecule has 104 valence electrons. The van der Waals surface area contributed by atoms with Gasteiger partial charge in [-0.05, 0) is 30.9 Å². The van der Waals surface area contributed by atoms with E-state index >= 15 is 0 Å². The minimum Gasteiger partial charge on any atom is -0.379 e. The highest BCUT2D eigenvalue weighted by Crippen LogP contribution is 2.26. The van der Waals surface area contributed by atoms with Crippen LogP contribution in [-0.4, -0.2) is 36.1 Å². The highest BCUT2D eigenvalue weighted by Gasteiger charge is 2.31. The second kappa shape index (κ2) is 6.34. The van der Waals surface area contributed by atoms with Crippen LogP contribution < -0.4 is 5.32 Å². The first-order valence-corrected chi connectivity index (χ1v) is 6.56. The molecule has 2 atom stereocenters. The van der Waals surface area contributed by atoms with Crippen LogP contribution in [0.15, 0.2) is 12.4 Å². The zero-order valence-electron chi connectivity index (χ0n) is 12.5. The molecule has 18 heavy (non-hydrogen) atoms. The molecule has 0 bridgehead atoms. The van der Waals surface area contributed by atoms with Crippen LogP contribution in [0.1, 0.15) is 32.8 Å². The molecular formula is C14H27N3O. The first-order valence-electron chi connectivity index (χ1n) is 6.56. The highest BCUT2D eigenvalue weighted by atomic mass is 16.5. The molecule has 1 heterocycles. The zero-order valence-corrected chi connectivity index (χ0v) is 12.5. The summed E-state index contributed by atoms with van der Waals surface area (Å²) in [6, 6.07) is 0.357. The second-order valence-electron chi connectivity index (χ2n) is 5.98. The van der Waals surface area contributed by atoms with Crippen molar-refractivity contribution in [1.29, 1.82) is 0 Å². The lowest BCUT2D eigenvalue weighted by Gasteiger charge is -2.36. The van der Waals surface area contributed by atoms with Gasteiger partial charge in [0.2, 0.25) is 0 Å². The van der Waals surface area contributed by atoms with E-state index in [0.717, 1.165) is 12.8 Å². The van der Waals surface area contributed by atoms with Gasteiger partial charge < -0.3 is 10.1 Å². The van der Waals surface area contributed by atoms with Crippen LogP contribution in [0.2, 0.25) is 0 Å². The van der Waals surface area contributed by atoms with Gasteiger partial charge in [0, 0.05) is 26.4 Å². The molecule has 1 rings (SSSR count). The number of hydrogen-bond acceptors (Lipinski definition) is 3. The van der Waals surface area contributed by atoms with Crippen LogP contribution in [0.4, 0.5) is 0 Å². The predicted octanol–water partition coefficient (Wildman–Crippen LogP) is 2.00. The summed E-state index contributed by atoms with van der Waals surface area (Å²) in [5, 5.41) is 7.58. The van der Waals surface area contributed by atoms with Gasteiger partial charge in [0.25, 0.3) is 0 Å². The number of rotatable bonds is 6. The lowest BCUT2D eigenvalue weighted by Crippen LogP contribution is -2.46. The maximum Gasteiger partial charge on any atom is 0.0772 e. The lowest BCUT2D eigenvalue weighted by molar-refractivity contribution is -0.0112. The number of methoxy groups -OCH3 is 1. The Morgan fingerprint density at radius 3 is 2.50 bits per heavy atom. The van der Waals surface area contributed by atoms with Gasteiger partial charge in [0.15, 0.2) is 0 Å². The van der Waals surface area contributed by atoms with Gasteiger partial charge in [0.1, 0.15) is 0 Å². The molecule has 0 aliphatic heterocycles. The molecule has 4 heteroatoms. The zero-order chi connectivity index (χ0) is 13.8. The molecule has 1 N–H and O–H groups in total. The summed E-state index contributed by atoms with van der Waals surface area (Å²) in [5.74, 6) is 0. The Hall–Kier alpha value is -0.870. The summed E-state index contributed by atoms with van der Waals surface area (Å²) in [7, 11) is 5.75. The van der Waals surface area contributed by atoms with Gasteiger partial charge >= 0.3 is 0 Å². The molecule has 0 fully saturated rings. The third-order valence-electron chi connectivity index (χ3n) is 3.35. The van der Waals surface area contributed by atoms with Crippen molar-refractivity contribution in [2.24, 2.45) is 12.5 Å². The van der Waals surface area contributed by atoms with Gasteiger partial charge in [-0.2, -0.15) is 5.10 Å². The monoisotopic (exact) mass is 253 g/mol. The van der Waals surface area contributed by atoms with E-state index in [9.17, 15) is 0 Å². The average molecular weight is 253 g/mol. The van der Waals surface area contributed by atoms with E-state index in [4.69, 9.17) is 4.74 Å². The fourth-order valence-electron chi connectivity index (χ4n) is 2.49. The maximum atomic E-state index is 5.68. The molecule has 0 aromatic carbocycles. The van der Waals surface area contributed by atoms with E-state index in [-0.39, 0.29) is 11.5 Å². The Morgan fingerprint density at radius 2 is 2.11 bits per heavy atom. The third-order valence-corrected chi connectivity index (χ3v) is 3.35. The Kier molecular flexibility index (Phi) is 5.35. The molecule has 4 nitrogen and oxygen atoms in total. The normalized spacial score (nSPS) is 15.7. The van der Waals surface area contributed by atoms with Gasteiger partial charge in [0.05, 0.1) is 12.3 Å². The van der Waals surface area contributed by atoms with E-state index in [1.807, 2.05) is 25.0 Å². The number of ether oxygens (including phenoxy) is 1. The van der Waals surface area contributed by atoms with Crippen LogP contribution in [0, 0.1) is 5.41 Å². The highest BCUT2D eigenvalue weighted by molar-refractivity contribution is 5.04. The molecule has 0 saturated carbocycles. The molecular weight excluding hydrogens is 226 g/mol. The van der Waals surface area contributed by atoms with E-state index in [1.54, 1.807) is 7.11 Å². The van der Waals surface area contributed by atoms with Crippen molar-refractivity contribution >= 4 is 0 Å². The van der Waals surface area contributed by atoms with E-state index in [1.165, 1.54) is 5.56 Å². The molecule has 0 radical (unpaired) electrons. The van der Waals surface area contributed by atoms with Gasteiger partial charge in [-0.1, -0.05) is 20.8 Å². The maximum absolute atomic E-state index is 5.68. The molecule has 0 aliphatic carbocycles. The Morgan fingerprint density at radius 1 is 1.44 bits per heavy atom. The second-order valence-corrected chi connectivity index (χ2v) is 5.98. The summed E-state index contributed by atoms with van der Waals surface area (Å²) in [5.41, 5.74) is 1.42. The lowest BCUT2D eigenvalue weighted by atomic mass is 9.82. The third kappa shape index (κ3) is 4.10. The van der Waals surface area contributed by atoms with E-state index in [0.29, 0.717) is 6.04 Å². The topological polar surface area (TPSA) is 39.1 Å². The molecule has 1 aromatic rings. The standard InChI is InChI=1S/C14H27N3O/c1-14(2,3)13(18-6)12(15-4)8-7-11-9-16-17(5)10-11/h9-10,12-13,15H,7-8H2,1-6H3. The SMILES string of the molecule is CNC(CCc1cnn(C)c1)C(OC)C(C)(C)C. The number of aromatic nitrogens is 2. The van der Waals surface area contributed by atoms with Crippen LogP contribution in [-0.2, 0) is 18.2 Å². The van der Waals surface area contributed by atoms with Gasteiger partial charge in [-0.15, -0.1) is 0 Å². The predicted molar refractivity (Wildman–Crippen MR) is 74.6 cm³/mol. The van der Waals surface area contributed by atoms with Crippen molar-refractivity contribution in [2.75, 3.05) is 14.2 Å². The number of likely N-dealkylation sites (N-methyl/N-ethyl adjacent to an activating group) is 1. The summed E-state index contributed by atoms with van der Waals surface area (Å²) in [4.78, 5) is 0. The van der Waals surface area contributed by atoms with Crippen LogP contribution in [0.5, 0.6) is 0 Å². The van der Waals surface area contributed by atoms with Crippen molar-refractivity contribution in [3.8, 4) is 0 Å². The molecule has 0 aliphatic rings. The van der Waals surface area contributed by atoms with Crippen LogP contribution in [0.25, 0.3) is 0 Å². The minimum absolute atomic E-state index is 0.136. The van der Waals surface area contributed by atoms with Crippen molar-refractivity contribution in [3.63, 3.8) is 0 Å². The van der Waals surface area contributed by atoms with Crippen molar-refractivity contribution < 1.29 is 4.74 Å². The number of nitrogens with one attached hydrogen (secondary N) is 1. The van der Waals surface area contributed by atoms with Crippen molar-refractivity contribution in [3.05, 3.63) is 18.0 Å². The van der Waals surface area contributed by atoms with Gasteiger partial charge in [-0.25, -0.2) is 0 Å². The quantitative estimate of drug-likeness (QED) is 0.843. The van der Waals surface area contributed by atoms with Crippen LogP contribution in [0.3, 0.4) is 0 Å². The first kappa shape index (κ1) is 15.2. The molecule has 0 spiro atoms. The molecule has 0 saturated heterocycles. The fourth-order valence-corrected chi connectivity index (χ4v) is 2.49. The Labute approximate surface area is 111 Å². The molecule has 2 unspecified atom stereocenters. The minimum atomic E-state index is 0.136. The summed E-state index contributed by atoms with van der Waals surface area (Å²) < 4.78 is 7.53. The van der Waals surface area contributed by atoms with Crippen LogP contribution >= 0.6 is 0 Å². The Balaban J connectivity index is 2.61. The van der Waals surface area contributed by atoms with Crippen molar-refractivity contribution in [1.82, 2.24) is 15.1 Å².